The summed E-state index contributed by atoms with van der Waals surface area (Å²) in [6, 6.07) is 22.4. The molecular formula is C38H33F2N5O6S. The van der Waals surface area contributed by atoms with Crippen molar-refractivity contribution in [2.24, 2.45) is 0 Å². The predicted molar refractivity (Wildman–Crippen MR) is 194 cm³/mol. The number of anilines is 1. The van der Waals surface area contributed by atoms with Crippen LogP contribution >= 0.6 is 0 Å². The summed E-state index contributed by atoms with van der Waals surface area (Å²) in [5, 5.41) is 5.55. The van der Waals surface area contributed by atoms with Crippen LogP contribution in [0.1, 0.15) is 38.1 Å². The van der Waals surface area contributed by atoms with Crippen LogP contribution in [-0.2, 0) is 10.1 Å². The molecule has 0 saturated carbocycles. The fourth-order valence-corrected chi connectivity index (χ4v) is 6.14. The van der Waals surface area contributed by atoms with Crippen LogP contribution in [-0.4, -0.2) is 38.8 Å². The van der Waals surface area contributed by atoms with E-state index in [1.807, 2.05) is 20.8 Å². The average Bonchev–Trinajstić information content (AvgIpc) is 3.50. The lowest BCUT2D eigenvalue weighted by Crippen LogP contribution is -2.16. The van der Waals surface area contributed by atoms with Gasteiger partial charge in [0.1, 0.15) is 41.0 Å². The molecule has 7 aromatic rings. The molecule has 4 aromatic carbocycles. The van der Waals surface area contributed by atoms with E-state index in [4.69, 9.17) is 24.5 Å². The Morgan fingerprint density at radius 2 is 1.63 bits per heavy atom. The van der Waals surface area contributed by atoms with Crippen molar-refractivity contribution < 1.29 is 30.9 Å². The van der Waals surface area contributed by atoms with Crippen molar-refractivity contribution in [2.45, 2.75) is 44.7 Å². The number of aryl methyl sites for hydroxylation is 1. The van der Waals surface area contributed by atoms with Gasteiger partial charge in [-0.3, -0.25) is 9.35 Å². The molecule has 7 rings (SSSR count). The molecule has 11 nitrogen and oxygen atoms in total. The third-order valence-electron chi connectivity index (χ3n) is 8.09. The summed E-state index contributed by atoms with van der Waals surface area (Å²) >= 11 is 0. The number of ether oxygens (including phenoxy) is 1. The molecule has 1 atom stereocenters. The van der Waals surface area contributed by atoms with Gasteiger partial charge in [0.15, 0.2) is 17.2 Å². The van der Waals surface area contributed by atoms with Crippen LogP contribution in [0.3, 0.4) is 0 Å². The van der Waals surface area contributed by atoms with Gasteiger partial charge in [-0.1, -0.05) is 42.0 Å². The smallest absolute Gasteiger partial charge is 0.294 e. The zero-order valence-corrected chi connectivity index (χ0v) is 29.2. The summed E-state index contributed by atoms with van der Waals surface area (Å²) < 4.78 is 72.3. The maximum Gasteiger partial charge on any atom is 0.294 e. The largest absolute Gasteiger partial charge is 0.488 e. The van der Waals surface area contributed by atoms with Crippen LogP contribution in [0.15, 0.2) is 111 Å². The lowest BCUT2D eigenvalue weighted by atomic mass is 9.99. The SMILES string of the molecule is CC(C)Oc1ccc(-c2nn([C@@H](C)c3oc4ccccc4c(=O)c3-c3cccc(F)c3)c3ncnc(N)c23)cc1F.Cc1ccc(S(=O)(=O)O)cc1. The molecule has 0 unspecified atom stereocenters. The number of benzene rings is 4. The lowest BCUT2D eigenvalue weighted by molar-refractivity contribution is 0.231. The van der Waals surface area contributed by atoms with Crippen LogP contribution in [0, 0.1) is 18.6 Å². The summed E-state index contributed by atoms with van der Waals surface area (Å²) in [6.45, 7) is 7.24. The topological polar surface area (TPSA) is 163 Å². The number of halogens is 2. The Morgan fingerprint density at radius 3 is 2.31 bits per heavy atom. The highest BCUT2D eigenvalue weighted by Gasteiger charge is 2.27. The number of aromatic nitrogens is 4. The van der Waals surface area contributed by atoms with E-state index in [2.05, 4.69) is 9.97 Å². The second-order valence-electron chi connectivity index (χ2n) is 12.2. The van der Waals surface area contributed by atoms with Crippen LogP contribution in [0.2, 0.25) is 0 Å². The quantitative estimate of drug-likeness (QED) is 0.155. The van der Waals surface area contributed by atoms with E-state index in [9.17, 15) is 22.0 Å². The van der Waals surface area contributed by atoms with Gasteiger partial charge in [0.05, 0.1) is 27.3 Å². The molecule has 3 aromatic heterocycles. The van der Waals surface area contributed by atoms with Gasteiger partial charge in [-0.15, -0.1) is 0 Å². The van der Waals surface area contributed by atoms with E-state index < -0.39 is 27.8 Å². The minimum atomic E-state index is -4.02. The molecule has 0 amide bonds. The van der Waals surface area contributed by atoms with E-state index in [0.717, 1.165) is 5.56 Å². The number of nitrogens with two attached hydrogens (primary N) is 1. The Balaban J connectivity index is 0.000000362. The lowest BCUT2D eigenvalue weighted by Gasteiger charge is -2.17. The molecule has 0 saturated heterocycles. The highest BCUT2D eigenvalue weighted by Crippen LogP contribution is 2.37. The van der Waals surface area contributed by atoms with Crippen molar-refractivity contribution >= 4 is 37.9 Å². The molecule has 14 heteroatoms. The molecule has 0 aliphatic rings. The zero-order chi connectivity index (χ0) is 37.3. The van der Waals surface area contributed by atoms with Gasteiger partial charge < -0.3 is 14.9 Å². The molecule has 0 aliphatic heterocycles. The third kappa shape index (κ3) is 7.24. The Hall–Kier alpha value is -5.99. The fraction of sp³-hybridized carbons (Fsp3) is 0.158. The molecule has 3 heterocycles. The van der Waals surface area contributed by atoms with Gasteiger partial charge in [0, 0.05) is 5.56 Å². The number of rotatable bonds is 7. The number of fused-ring (bicyclic) bond motifs is 2. The van der Waals surface area contributed by atoms with Gasteiger partial charge >= 0.3 is 0 Å². The summed E-state index contributed by atoms with van der Waals surface area (Å²) in [5.41, 5.74) is 8.98. The van der Waals surface area contributed by atoms with E-state index >= 15 is 0 Å². The van der Waals surface area contributed by atoms with Crippen molar-refractivity contribution in [2.75, 3.05) is 5.73 Å². The first-order valence-corrected chi connectivity index (χ1v) is 17.5. The van der Waals surface area contributed by atoms with Crippen molar-refractivity contribution in [1.29, 1.82) is 0 Å². The zero-order valence-electron chi connectivity index (χ0n) is 28.4. The third-order valence-corrected chi connectivity index (χ3v) is 8.96. The summed E-state index contributed by atoms with van der Waals surface area (Å²) in [5.74, 6) is -0.539. The molecule has 0 spiro atoms. The molecule has 52 heavy (non-hydrogen) atoms. The maximum atomic E-state index is 15.0. The Kier molecular flexibility index (Phi) is 9.87. The number of hydrogen-bond donors (Lipinski definition) is 2. The van der Waals surface area contributed by atoms with Crippen molar-refractivity contribution in [3.8, 4) is 28.1 Å². The van der Waals surface area contributed by atoms with Crippen molar-refractivity contribution in [3.05, 3.63) is 131 Å². The highest BCUT2D eigenvalue weighted by atomic mass is 32.2. The standard InChI is InChI=1S/C31H25F2N5O3.C7H8O3S/c1-16(2)40-24-12-11-19(14-22(24)33)27-26-30(34)35-15-36-31(26)38(37-27)17(3)29-25(18-7-6-8-20(32)13-18)28(39)21-9-4-5-10-23(21)41-29;1-6-2-4-7(5-3-6)11(8,9)10/h4-17H,1-3H3,(H2,34,35,36);2-5H,1H3,(H,8,9,10)/t17-;/m0./s1. The normalized spacial score (nSPS) is 12.2. The molecular weight excluding hydrogens is 693 g/mol. The number of nitrogen functional groups attached to an aromatic ring is 1. The Bertz CT molecular complexity index is 2610. The van der Waals surface area contributed by atoms with Gasteiger partial charge in [-0.05, 0) is 87.9 Å². The summed E-state index contributed by atoms with van der Waals surface area (Å²) in [7, 11) is -4.02. The van der Waals surface area contributed by atoms with Crippen LogP contribution in [0.5, 0.6) is 5.75 Å². The molecule has 0 radical (unpaired) electrons. The van der Waals surface area contributed by atoms with Crippen LogP contribution in [0.25, 0.3) is 44.4 Å². The molecule has 0 fully saturated rings. The second-order valence-corrected chi connectivity index (χ2v) is 13.6. The van der Waals surface area contributed by atoms with Gasteiger partial charge in [0.2, 0.25) is 5.43 Å². The first-order chi connectivity index (χ1) is 24.7. The first kappa shape index (κ1) is 35.8. The van der Waals surface area contributed by atoms with Crippen LogP contribution < -0.4 is 15.9 Å². The minimum Gasteiger partial charge on any atom is -0.488 e. The van der Waals surface area contributed by atoms with E-state index in [1.54, 1.807) is 60.1 Å². The predicted octanol–water partition coefficient (Wildman–Crippen LogP) is 7.77. The summed E-state index contributed by atoms with van der Waals surface area (Å²) in [6.07, 6.45) is 1.10. The summed E-state index contributed by atoms with van der Waals surface area (Å²) in [4.78, 5) is 22.3. The number of nitrogens with zero attached hydrogens (tertiary/aromatic N) is 4. The maximum absolute atomic E-state index is 15.0. The van der Waals surface area contributed by atoms with E-state index in [0.29, 0.717) is 38.8 Å². The molecule has 3 N–H and O–H groups in total. The van der Waals surface area contributed by atoms with Gasteiger partial charge in [-0.25, -0.2) is 23.4 Å². The highest BCUT2D eigenvalue weighted by molar-refractivity contribution is 7.85. The number of para-hydroxylation sites is 1. The molecule has 0 aliphatic carbocycles. The van der Waals surface area contributed by atoms with E-state index in [1.165, 1.54) is 48.8 Å². The number of hydrogen-bond acceptors (Lipinski definition) is 9. The van der Waals surface area contributed by atoms with Crippen molar-refractivity contribution in [1.82, 2.24) is 19.7 Å². The van der Waals surface area contributed by atoms with Crippen molar-refractivity contribution in [3.63, 3.8) is 0 Å². The Morgan fingerprint density at radius 1 is 0.904 bits per heavy atom. The Labute approximate surface area is 297 Å². The fourth-order valence-electron chi connectivity index (χ4n) is 5.66. The van der Waals surface area contributed by atoms with Gasteiger partial charge in [0.25, 0.3) is 10.1 Å². The van der Waals surface area contributed by atoms with Gasteiger partial charge in [-0.2, -0.15) is 13.5 Å². The molecule has 266 valence electrons. The monoisotopic (exact) mass is 725 g/mol. The second kappa shape index (κ2) is 14.3. The van der Waals surface area contributed by atoms with Crippen LogP contribution in [0.4, 0.5) is 14.6 Å². The van der Waals surface area contributed by atoms with E-state index in [-0.39, 0.29) is 39.3 Å². The average molecular weight is 726 g/mol. The minimum absolute atomic E-state index is 0.0666. The molecule has 0 bridgehead atoms. The first-order valence-electron chi connectivity index (χ1n) is 16.0.